The number of carbonyl (C=O) groups excluding carboxylic acids is 2. The molecule has 3 rings (SSSR count). The number of carbonyl (C=O) groups is 2. The molecule has 1 unspecified atom stereocenters. The van der Waals surface area contributed by atoms with E-state index >= 15 is 0 Å². The Labute approximate surface area is 171 Å². The number of phenols is 1. The molecule has 0 radical (unpaired) electrons. The second-order valence-corrected chi connectivity index (χ2v) is 9.44. The molecule has 0 saturated carbocycles. The van der Waals surface area contributed by atoms with Gasteiger partial charge in [-0.1, -0.05) is 0 Å². The number of nitrogens with zero attached hydrogens (tertiary/aromatic N) is 2. The summed E-state index contributed by atoms with van der Waals surface area (Å²) in [5, 5.41) is 10.7. The van der Waals surface area contributed by atoms with E-state index in [1.807, 2.05) is 53.7 Å². The van der Waals surface area contributed by atoms with Crippen LogP contribution in [0.15, 0.2) is 24.3 Å². The minimum absolute atomic E-state index is 0.0266. The zero-order valence-corrected chi connectivity index (χ0v) is 18.0. The molecule has 158 valence electrons. The van der Waals surface area contributed by atoms with Gasteiger partial charge in [0.25, 0.3) is 0 Å². The van der Waals surface area contributed by atoms with Gasteiger partial charge in [0.05, 0.1) is 12.5 Å². The van der Waals surface area contributed by atoms with Crippen molar-refractivity contribution >= 4 is 23.0 Å². The van der Waals surface area contributed by atoms with Crippen LogP contribution in [0.2, 0.25) is 0 Å². The Morgan fingerprint density at radius 3 is 2.31 bits per heavy atom. The van der Waals surface area contributed by atoms with Gasteiger partial charge < -0.3 is 19.1 Å². The SMILES string of the molecule is CC(C)(C)OC(=O)CC1c2cc3cc(O)ccc3n2CCN1C(=O)OC(C)(C)C. The molecule has 7 nitrogen and oxygen atoms in total. The van der Waals surface area contributed by atoms with Crippen LogP contribution in [0.25, 0.3) is 10.9 Å². The van der Waals surface area contributed by atoms with Gasteiger partial charge in [-0.05, 0) is 65.8 Å². The molecule has 0 bridgehead atoms. The first kappa shape index (κ1) is 21.0. The first-order valence-electron chi connectivity index (χ1n) is 9.88. The van der Waals surface area contributed by atoms with Gasteiger partial charge in [0.1, 0.15) is 17.0 Å². The molecule has 1 N–H and O–H groups in total. The molecule has 1 aliphatic rings. The third-order valence-electron chi connectivity index (χ3n) is 4.61. The molecule has 29 heavy (non-hydrogen) atoms. The Balaban J connectivity index is 1.99. The maximum atomic E-state index is 12.9. The number of hydrogen-bond donors (Lipinski definition) is 1. The Hall–Kier alpha value is -2.70. The molecule has 2 heterocycles. The van der Waals surface area contributed by atoms with E-state index in [-0.39, 0.29) is 18.1 Å². The summed E-state index contributed by atoms with van der Waals surface area (Å²) in [4.78, 5) is 27.1. The Bertz CT molecular complexity index is 933. The third-order valence-corrected chi connectivity index (χ3v) is 4.61. The van der Waals surface area contributed by atoms with Crippen LogP contribution in [-0.4, -0.2) is 44.4 Å². The number of aromatic hydroxyl groups is 1. The van der Waals surface area contributed by atoms with Crippen LogP contribution in [0, 0.1) is 0 Å². The molecule has 0 aliphatic carbocycles. The smallest absolute Gasteiger partial charge is 0.410 e. The van der Waals surface area contributed by atoms with E-state index in [1.54, 1.807) is 17.0 Å². The predicted molar refractivity (Wildman–Crippen MR) is 110 cm³/mol. The number of esters is 1. The standard InChI is InChI=1S/C22H30N2O5/c1-21(2,3)28-19(26)13-18-17-12-14-11-15(25)7-8-16(14)23(17)9-10-24(18)20(27)29-22(4,5)6/h7-8,11-12,18,25H,9-10,13H2,1-6H3. The van der Waals surface area contributed by atoms with Crippen LogP contribution >= 0.6 is 0 Å². The highest BCUT2D eigenvalue weighted by atomic mass is 16.6. The maximum Gasteiger partial charge on any atom is 0.410 e. The van der Waals surface area contributed by atoms with Gasteiger partial charge in [-0.3, -0.25) is 9.69 Å². The van der Waals surface area contributed by atoms with Crippen LogP contribution in [0.4, 0.5) is 4.79 Å². The molecule has 0 saturated heterocycles. The van der Waals surface area contributed by atoms with Crippen LogP contribution in [0.3, 0.4) is 0 Å². The quantitative estimate of drug-likeness (QED) is 0.755. The fourth-order valence-corrected chi connectivity index (χ4v) is 3.62. The van der Waals surface area contributed by atoms with Crippen molar-refractivity contribution < 1.29 is 24.2 Å². The van der Waals surface area contributed by atoms with Crippen molar-refractivity contribution in [1.29, 1.82) is 0 Å². The van der Waals surface area contributed by atoms with E-state index in [1.165, 1.54) is 0 Å². The highest BCUT2D eigenvalue weighted by Gasteiger charge is 2.37. The summed E-state index contributed by atoms with van der Waals surface area (Å²) in [5.41, 5.74) is 0.536. The van der Waals surface area contributed by atoms with Crippen LogP contribution in [-0.2, 0) is 20.8 Å². The lowest BCUT2D eigenvalue weighted by Gasteiger charge is -2.37. The van der Waals surface area contributed by atoms with Gasteiger partial charge in [-0.15, -0.1) is 0 Å². The van der Waals surface area contributed by atoms with E-state index in [2.05, 4.69) is 4.57 Å². The van der Waals surface area contributed by atoms with Crippen molar-refractivity contribution in [3.05, 3.63) is 30.0 Å². The number of fused-ring (bicyclic) bond motifs is 3. The lowest BCUT2D eigenvalue weighted by atomic mass is 10.1. The van der Waals surface area contributed by atoms with Gasteiger partial charge in [-0.2, -0.15) is 0 Å². The lowest BCUT2D eigenvalue weighted by molar-refractivity contribution is -0.156. The first-order chi connectivity index (χ1) is 13.3. The number of amides is 1. The summed E-state index contributed by atoms with van der Waals surface area (Å²) in [6.45, 7) is 11.9. The van der Waals surface area contributed by atoms with E-state index in [4.69, 9.17) is 9.47 Å². The van der Waals surface area contributed by atoms with Gasteiger partial charge in [0.2, 0.25) is 0 Å². The number of benzene rings is 1. The van der Waals surface area contributed by atoms with Gasteiger partial charge in [0.15, 0.2) is 0 Å². The number of hydrogen-bond acceptors (Lipinski definition) is 5. The Morgan fingerprint density at radius 1 is 1.03 bits per heavy atom. The second-order valence-electron chi connectivity index (χ2n) is 9.44. The molecular weight excluding hydrogens is 372 g/mol. The van der Waals surface area contributed by atoms with Gasteiger partial charge >= 0.3 is 12.1 Å². The monoisotopic (exact) mass is 402 g/mol. The van der Waals surface area contributed by atoms with Crippen molar-refractivity contribution in [2.75, 3.05) is 6.54 Å². The second kappa shape index (κ2) is 7.28. The molecule has 0 spiro atoms. The predicted octanol–water partition coefficient (Wildman–Crippen LogP) is 4.37. The fourth-order valence-electron chi connectivity index (χ4n) is 3.62. The first-order valence-corrected chi connectivity index (χ1v) is 9.88. The zero-order valence-electron chi connectivity index (χ0n) is 18.0. The largest absolute Gasteiger partial charge is 0.508 e. The Morgan fingerprint density at radius 2 is 1.69 bits per heavy atom. The molecule has 1 atom stereocenters. The van der Waals surface area contributed by atoms with Gasteiger partial charge in [0, 0.05) is 29.7 Å². The summed E-state index contributed by atoms with van der Waals surface area (Å²) in [6.07, 6.45) is -0.427. The van der Waals surface area contributed by atoms with Crippen molar-refractivity contribution in [3.8, 4) is 5.75 Å². The zero-order chi connectivity index (χ0) is 21.6. The van der Waals surface area contributed by atoms with E-state index in [0.717, 1.165) is 16.6 Å². The highest BCUT2D eigenvalue weighted by Crippen LogP contribution is 2.36. The third kappa shape index (κ3) is 4.83. The number of rotatable bonds is 2. The van der Waals surface area contributed by atoms with E-state index in [9.17, 15) is 14.7 Å². The highest BCUT2D eigenvalue weighted by molar-refractivity contribution is 5.84. The van der Waals surface area contributed by atoms with E-state index in [0.29, 0.717) is 13.1 Å². The van der Waals surface area contributed by atoms with Crippen molar-refractivity contribution in [1.82, 2.24) is 9.47 Å². The molecule has 2 aromatic rings. The molecule has 7 heteroatoms. The molecule has 1 amide bonds. The molecule has 1 aromatic carbocycles. The summed E-state index contributed by atoms with van der Waals surface area (Å²) < 4.78 is 13.2. The Kier molecular flexibility index (Phi) is 5.28. The maximum absolute atomic E-state index is 12.9. The normalized spacial score (nSPS) is 17.2. The number of phenolic OH excluding ortho intramolecular Hbond substituents is 1. The number of ether oxygens (including phenoxy) is 2. The topological polar surface area (TPSA) is 81.0 Å². The fraction of sp³-hybridized carbons (Fsp3) is 0.545. The molecule has 1 aliphatic heterocycles. The average Bonchev–Trinajstić information content (AvgIpc) is 2.89. The summed E-state index contributed by atoms with van der Waals surface area (Å²) >= 11 is 0. The average molecular weight is 402 g/mol. The summed E-state index contributed by atoms with van der Waals surface area (Å²) in [7, 11) is 0. The van der Waals surface area contributed by atoms with E-state index < -0.39 is 23.3 Å². The minimum Gasteiger partial charge on any atom is -0.508 e. The van der Waals surface area contributed by atoms with Crippen molar-refractivity contribution in [2.24, 2.45) is 0 Å². The van der Waals surface area contributed by atoms with Crippen molar-refractivity contribution in [2.45, 2.75) is 71.8 Å². The van der Waals surface area contributed by atoms with Crippen LogP contribution < -0.4 is 0 Å². The minimum atomic E-state index is -0.635. The molecule has 0 fully saturated rings. The lowest BCUT2D eigenvalue weighted by Crippen LogP contribution is -2.45. The molecular formula is C22H30N2O5. The van der Waals surface area contributed by atoms with Crippen molar-refractivity contribution in [3.63, 3.8) is 0 Å². The summed E-state index contributed by atoms with van der Waals surface area (Å²) in [5.74, 6) is -0.203. The number of aromatic nitrogens is 1. The van der Waals surface area contributed by atoms with Gasteiger partial charge in [-0.25, -0.2) is 4.79 Å². The summed E-state index contributed by atoms with van der Waals surface area (Å²) in [6, 6.07) is 6.58. The van der Waals surface area contributed by atoms with Crippen LogP contribution in [0.1, 0.15) is 59.7 Å². The van der Waals surface area contributed by atoms with Crippen LogP contribution in [0.5, 0.6) is 5.75 Å². The molecule has 1 aromatic heterocycles.